The van der Waals surface area contributed by atoms with E-state index in [-0.39, 0.29) is 5.91 Å². The molecule has 5 heteroatoms. The maximum atomic E-state index is 12.2. The first kappa shape index (κ1) is 15.2. The lowest BCUT2D eigenvalue weighted by molar-refractivity contribution is 0.0911. The summed E-state index contributed by atoms with van der Waals surface area (Å²) in [5, 5.41) is 3.02. The second-order valence-electron chi connectivity index (χ2n) is 4.96. The Kier molecular flexibility index (Phi) is 4.60. The molecule has 0 aliphatic rings. The van der Waals surface area contributed by atoms with E-state index in [0.717, 1.165) is 10.0 Å². The number of rotatable bonds is 3. The largest absolute Gasteiger partial charge is 0.343 e. The van der Waals surface area contributed by atoms with Gasteiger partial charge in [-0.05, 0) is 59.6 Å². The summed E-state index contributed by atoms with van der Waals surface area (Å²) in [6.07, 6.45) is 1.55. The third-order valence-electron chi connectivity index (χ3n) is 2.98. The summed E-state index contributed by atoms with van der Waals surface area (Å²) < 4.78 is 1.72. The van der Waals surface area contributed by atoms with Gasteiger partial charge >= 0.3 is 0 Å². The molecule has 0 fully saturated rings. The summed E-state index contributed by atoms with van der Waals surface area (Å²) in [5.74, 6) is -0.141. The molecule has 1 heterocycles. The molecule has 1 aromatic heterocycles. The topological polar surface area (TPSA) is 42.0 Å². The van der Waals surface area contributed by atoms with Gasteiger partial charge in [0.2, 0.25) is 0 Å². The fraction of sp³-hybridized carbons (Fsp3) is 0.200. The molecule has 0 bridgehead atoms. The maximum absolute atomic E-state index is 12.2. The molecule has 0 radical (unpaired) electrons. The smallest absolute Gasteiger partial charge is 0.253 e. The third kappa shape index (κ3) is 3.67. The number of pyridine rings is 1. The summed E-state index contributed by atoms with van der Waals surface area (Å²) in [5.41, 5.74) is 1.13. The van der Waals surface area contributed by atoms with Crippen LogP contribution in [-0.2, 0) is 5.54 Å². The van der Waals surface area contributed by atoms with Gasteiger partial charge in [-0.1, -0.05) is 28.1 Å². The number of aromatic nitrogens is 1. The van der Waals surface area contributed by atoms with Crippen LogP contribution in [0.25, 0.3) is 0 Å². The molecular formula is C15H14Br2N2O. The Labute approximate surface area is 135 Å². The second-order valence-corrected chi connectivity index (χ2v) is 6.68. The van der Waals surface area contributed by atoms with Crippen molar-refractivity contribution in [2.45, 2.75) is 19.4 Å². The molecule has 0 aliphatic carbocycles. The normalized spacial score (nSPS) is 11.2. The second kappa shape index (κ2) is 6.06. The minimum atomic E-state index is -0.454. The van der Waals surface area contributed by atoms with Crippen molar-refractivity contribution in [3.63, 3.8) is 0 Å². The summed E-state index contributed by atoms with van der Waals surface area (Å²) in [6.45, 7) is 3.95. The molecule has 1 aromatic carbocycles. The molecule has 2 rings (SSSR count). The average molecular weight is 398 g/mol. The van der Waals surface area contributed by atoms with Crippen LogP contribution in [0, 0.1) is 0 Å². The fourth-order valence-electron chi connectivity index (χ4n) is 1.80. The maximum Gasteiger partial charge on any atom is 0.253 e. The van der Waals surface area contributed by atoms with E-state index < -0.39 is 5.54 Å². The number of hydrogen-bond acceptors (Lipinski definition) is 2. The van der Waals surface area contributed by atoms with Gasteiger partial charge in [-0.25, -0.2) is 4.98 Å². The Bertz CT molecular complexity index is 607. The van der Waals surface area contributed by atoms with Crippen LogP contribution < -0.4 is 5.32 Å². The van der Waals surface area contributed by atoms with E-state index in [9.17, 15) is 4.79 Å². The molecule has 3 nitrogen and oxygen atoms in total. The van der Waals surface area contributed by atoms with Crippen molar-refractivity contribution in [2.75, 3.05) is 0 Å². The molecule has 0 saturated heterocycles. The van der Waals surface area contributed by atoms with Crippen LogP contribution in [0.3, 0.4) is 0 Å². The van der Waals surface area contributed by atoms with Gasteiger partial charge in [-0.15, -0.1) is 0 Å². The standard InChI is InChI=1S/C15H14Br2N2O/c1-15(2,11-4-6-12(16)7-5-11)19-14(20)10-3-8-13(17)18-9-10/h3-9H,1-2H3,(H,19,20). The van der Waals surface area contributed by atoms with Gasteiger partial charge in [-0.3, -0.25) is 4.79 Å². The lowest BCUT2D eigenvalue weighted by Gasteiger charge is -2.27. The Balaban J connectivity index is 2.17. The predicted octanol–water partition coefficient (Wildman–Crippen LogP) is 4.27. The Morgan fingerprint density at radius 2 is 1.75 bits per heavy atom. The van der Waals surface area contributed by atoms with Crippen LogP contribution in [0.2, 0.25) is 0 Å². The van der Waals surface area contributed by atoms with Gasteiger partial charge in [0.05, 0.1) is 11.1 Å². The number of benzene rings is 1. The Hall–Kier alpha value is -1.20. The quantitative estimate of drug-likeness (QED) is 0.785. The monoisotopic (exact) mass is 396 g/mol. The van der Waals surface area contributed by atoms with Gasteiger partial charge in [0.25, 0.3) is 5.91 Å². The van der Waals surface area contributed by atoms with Crippen molar-refractivity contribution < 1.29 is 4.79 Å². The predicted molar refractivity (Wildman–Crippen MR) is 86.6 cm³/mol. The van der Waals surface area contributed by atoms with Crippen molar-refractivity contribution in [2.24, 2.45) is 0 Å². The first-order valence-electron chi connectivity index (χ1n) is 6.08. The number of carbonyl (C=O) groups is 1. The summed E-state index contributed by atoms with van der Waals surface area (Å²) in [7, 11) is 0. The number of nitrogens with one attached hydrogen (secondary N) is 1. The zero-order valence-corrected chi connectivity index (χ0v) is 14.3. The van der Waals surface area contributed by atoms with Crippen molar-refractivity contribution in [3.8, 4) is 0 Å². The molecule has 0 atom stereocenters. The Morgan fingerprint density at radius 3 is 2.30 bits per heavy atom. The third-order valence-corrected chi connectivity index (χ3v) is 3.98. The van der Waals surface area contributed by atoms with Gasteiger partial charge in [0, 0.05) is 10.7 Å². The molecule has 1 amide bonds. The van der Waals surface area contributed by atoms with Crippen LogP contribution in [0.4, 0.5) is 0 Å². The van der Waals surface area contributed by atoms with E-state index in [4.69, 9.17) is 0 Å². The molecule has 0 aliphatic heterocycles. The van der Waals surface area contributed by atoms with Crippen LogP contribution in [-0.4, -0.2) is 10.9 Å². The molecule has 0 saturated carbocycles. The van der Waals surface area contributed by atoms with Gasteiger partial charge in [0.1, 0.15) is 4.60 Å². The lowest BCUT2D eigenvalue weighted by Crippen LogP contribution is -2.41. The first-order valence-corrected chi connectivity index (χ1v) is 7.67. The number of carbonyl (C=O) groups excluding carboxylic acids is 1. The summed E-state index contributed by atoms with van der Waals surface area (Å²) in [4.78, 5) is 16.3. The van der Waals surface area contributed by atoms with Crippen LogP contribution in [0.5, 0.6) is 0 Å². The van der Waals surface area contributed by atoms with Gasteiger partial charge in [-0.2, -0.15) is 0 Å². The van der Waals surface area contributed by atoms with E-state index in [2.05, 4.69) is 42.2 Å². The number of hydrogen-bond donors (Lipinski definition) is 1. The van der Waals surface area contributed by atoms with Crippen LogP contribution in [0.1, 0.15) is 29.8 Å². The molecule has 0 unspecified atom stereocenters. The van der Waals surface area contributed by atoms with Crippen molar-refractivity contribution >= 4 is 37.8 Å². The molecular weight excluding hydrogens is 384 g/mol. The number of nitrogens with zero attached hydrogens (tertiary/aromatic N) is 1. The average Bonchev–Trinajstić information content (AvgIpc) is 2.39. The highest BCUT2D eigenvalue weighted by Gasteiger charge is 2.23. The molecule has 1 N–H and O–H groups in total. The highest BCUT2D eigenvalue weighted by atomic mass is 79.9. The lowest BCUT2D eigenvalue weighted by atomic mass is 9.94. The van der Waals surface area contributed by atoms with E-state index >= 15 is 0 Å². The van der Waals surface area contributed by atoms with Crippen molar-refractivity contribution in [1.29, 1.82) is 0 Å². The van der Waals surface area contributed by atoms with Crippen molar-refractivity contribution in [3.05, 3.63) is 62.8 Å². The van der Waals surface area contributed by atoms with E-state index in [1.165, 1.54) is 0 Å². The highest BCUT2D eigenvalue weighted by Crippen LogP contribution is 2.22. The van der Waals surface area contributed by atoms with Gasteiger partial charge < -0.3 is 5.32 Å². The highest BCUT2D eigenvalue weighted by molar-refractivity contribution is 9.10. The van der Waals surface area contributed by atoms with Crippen LogP contribution >= 0.6 is 31.9 Å². The molecule has 2 aromatic rings. The fourth-order valence-corrected chi connectivity index (χ4v) is 2.30. The minimum absolute atomic E-state index is 0.141. The zero-order chi connectivity index (χ0) is 14.8. The van der Waals surface area contributed by atoms with E-state index in [1.807, 2.05) is 38.1 Å². The Morgan fingerprint density at radius 1 is 1.10 bits per heavy atom. The zero-order valence-electron chi connectivity index (χ0n) is 11.2. The van der Waals surface area contributed by atoms with Crippen molar-refractivity contribution in [1.82, 2.24) is 10.3 Å². The number of amides is 1. The molecule has 104 valence electrons. The SMILES string of the molecule is CC(C)(NC(=O)c1ccc(Br)nc1)c1ccc(Br)cc1. The van der Waals surface area contributed by atoms with E-state index in [0.29, 0.717) is 10.2 Å². The number of halogens is 2. The summed E-state index contributed by atoms with van der Waals surface area (Å²) in [6, 6.07) is 11.4. The molecule has 20 heavy (non-hydrogen) atoms. The van der Waals surface area contributed by atoms with Crippen LogP contribution in [0.15, 0.2) is 51.7 Å². The van der Waals surface area contributed by atoms with E-state index in [1.54, 1.807) is 18.3 Å². The summed E-state index contributed by atoms with van der Waals surface area (Å²) >= 11 is 6.66. The van der Waals surface area contributed by atoms with Gasteiger partial charge in [0.15, 0.2) is 0 Å². The minimum Gasteiger partial charge on any atom is -0.343 e. The first-order chi connectivity index (χ1) is 9.38. The molecule has 0 spiro atoms.